The van der Waals surface area contributed by atoms with Crippen molar-refractivity contribution in [2.45, 2.75) is 97.1 Å². The second kappa shape index (κ2) is 9.83. The van der Waals surface area contributed by atoms with Crippen LogP contribution < -0.4 is 0 Å². The molecule has 1 aliphatic rings. The molecule has 1 rings (SSSR count). The van der Waals surface area contributed by atoms with Gasteiger partial charge in [-0.05, 0) is 33.6 Å². The maximum Gasteiger partial charge on any atom is 0.186 e. The van der Waals surface area contributed by atoms with Gasteiger partial charge in [-0.15, -0.1) is 0 Å². The summed E-state index contributed by atoms with van der Waals surface area (Å²) in [4.78, 5) is 0. The Morgan fingerprint density at radius 1 is 1.23 bits per heavy atom. The highest BCUT2D eigenvalue weighted by Gasteiger charge is 2.39. The van der Waals surface area contributed by atoms with Crippen LogP contribution in [0.1, 0.15) is 66.7 Å². The summed E-state index contributed by atoms with van der Waals surface area (Å²) in [5.74, 6) is -0.607. The van der Waals surface area contributed by atoms with Gasteiger partial charge in [0.05, 0.1) is 18.8 Å². The second-order valence-corrected chi connectivity index (χ2v) is 6.52. The third-order valence-corrected chi connectivity index (χ3v) is 3.76. The van der Waals surface area contributed by atoms with Crippen LogP contribution in [0.15, 0.2) is 0 Å². The lowest BCUT2D eigenvalue weighted by atomic mass is 10.1. The first-order valence-corrected chi connectivity index (χ1v) is 8.66. The van der Waals surface area contributed by atoms with Crippen LogP contribution in [0, 0.1) is 0 Å². The van der Waals surface area contributed by atoms with E-state index < -0.39 is 18.2 Å². The molecule has 0 radical (unpaired) electrons. The fourth-order valence-corrected chi connectivity index (χ4v) is 2.51. The summed E-state index contributed by atoms with van der Waals surface area (Å²) in [5.41, 5.74) is 0. The molecule has 1 fully saturated rings. The average Bonchev–Trinajstić information content (AvgIpc) is 2.81. The van der Waals surface area contributed by atoms with Crippen molar-refractivity contribution in [3.8, 4) is 0 Å². The van der Waals surface area contributed by atoms with E-state index in [2.05, 4.69) is 13.8 Å². The van der Waals surface area contributed by atoms with Gasteiger partial charge in [0, 0.05) is 6.61 Å². The Labute approximate surface area is 135 Å². The van der Waals surface area contributed by atoms with Crippen molar-refractivity contribution < 1.29 is 24.1 Å². The Kier molecular flexibility index (Phi) is 8.87. The molecule has 5 nitrogen and oxygen atoms in total. The predicted molar refractivity (Wildman–Crippen MR) is 85.6 cm³/mol. The molecule has 0 spiro atoms. The minimum Gasteiger partial charge on any atom is -0.391 e. The van der Waals surface area contributed by atoms with Crippen LogP contribution in [0.25, 0.3) is 0 Å². The third kappa shape index (κ3) is 6.92. The maximum absolute atomic E-state index is 9.98. The highest BCUT2D eigenvalue weighted by molar-refractivity contribution is 4.76. The Bertz CT molecular complexity index is 293. The van der Waals surface area contributed by atoms with E-state index in [-0.39, 0.29) is 12.2 Å². The summed E-state index contributed by atoms with van der Waals surface area (Å²) < 4.78 is 23.3. The quantitative estimate of drug-likeness (QED) is 0.468. The standard InChI is InChI=1S/C17H34O5/c1-6-8-9-10-14(13(3)18)21-16(19-11-7-2)15-12-20-17(4,5)22-15/h13-16,18H,6-12H2,1-5H3. The van der Waals surface area contributed by atoms with E-state index >= 15 is 0 Å². The molecule has 1 aliphatic heterocycles. The lowest BCUT2D eigenvalue weighted by Gasteiger charge is -2.30. The second-order valence-electron chi connectivity index (χ2n) is 6.52. The number of hydrogen-bond acceptors (Lipinski definition) is 5. The topological polar surface area (TPSA) is 57.2 Å². The number of aliphatic hydroxyl groups is 1. The van der Waals surface area contributed by atoms with Crippen molar-refractivity contribution in [3.63, 3.8) is 0 Å². The molecule has 1 N–H and O–H groups in total. The molecule has 22 heavy (non-hydrogen) atoms. The van der Waals surface area contributed by atoms with E-state index in [9.17, 15) is 5.11 Å². The monoisotopic (exact) mass is 318 g/mol. The lowest BCUT2D eigenvalue weighted by Crippen LogP contribution is -2.41. The molecule has 0 aromatic heterocycles. The summed E-state index contributed by atoms with van der Waals surface area (Å²) >= 11 is 0. The first kappa shape index (κ1) is 19.8. The van der Waals surface area contributed by atoms with Gasteiger partial charge in [0.2, 0.25) is 0 Å². The number of aliphatic hydroxyl groups excluding tert-OH is 1. The maximum atomic E-state index is 9.98. The average molecular weight is 318 g/mol. The molecule has 1 heterocycles. The third-order valence-electron chi connectivity index (χ3n) is 3.76. The Morgan fingerprint density at radius 3 is 2.45 bits per heavy atom. The zero-order chi connectivity index (χ0) is 16.6. The van der Waals surface area contributed by atoms with Gasteiger partial charge in [0.15, 0.2) is 12.1 Å². The fraction of sp³-hybridized carbons (Fsp3) is 1.00. The highest BCUT2D eigenvalue weighted by atomic mass is 16.8. The number of unbranched alkanes of at least 4 members (excludes halogenated alkanes) is 2. The van der Waals surface area contributed by atoms with Crippen LogP contribution in [0.4, 0.5) is 0 Å². The van der Waals surface area contributed by atoms with Crippen molar-refractivity contribution in [3.05, 3.63) is 0 Å². The summed E-state index contributed by atoms with van der Waals surface area (Å²) in [7, 11) is 0. The molecule has 0 aromatic rings. The number of ether oxygens (including phenoxy) is 4. The van der Waals surface area contributed by atoms with Crippen molar-refractivity contribution in [2.75, 3.05) is 13.2 Å². The Hall–Kier alpha value is -0.200. The lowest BCUT2D eigenvalue weighted by molar-refractivity contribution is -0.246. The zero-order valence-corrected chi connectivity index (χ0v) is 14.8. The molecule has 5 heteroatoms. The fourth-order valence-electron chi connectivity index (χ4n) is 2.51. The van der Waals surface area contributed by atoms with Crippen LogP contribution in [-0.4, -0.2) is 48.7 Å². The van der Waals surface area contributed by atoms with Crippen molar-refractivity contribution in [2.24, 2.45) is 0 Å². The van der Waals surface area contributed by atoms with Gasteiger partial charge in [0.25, 0.3) is 0 Å². The predicted octanol–water partition coefficient (Wildman–Crippen LogP) is 3.24. The van der Waals surface area contributed by atoms with Crippen molar-refractivity contribution in [1.82, 2.24) is 0 Å². The smallest absolute Gasteiger partial charge is 0.186 e. The van der Waals surface area contributed by atoms with Gasteiger partial charge in [0.1, 0.15) is 6.10 Å². The summed E-state index contributed by atoms with van der Waals surface area (Å²) in [5, 5.41) is 9.98. The first-order valence-electron chi connectivity index (χ1n) is 8.66. The molecule has 132 valence electrons. The molecule has 0 amide bonds. The van der Waals surface area contributed by atoms with Crippen LogP contribution in [0.2, 0.25) is 0 Å². The molecule has 0 saturated carbocycles. The van der Waals surface area contributed by atoms with E-state index in [1.165, 1.54) is 0 Å². The van der Waals surface area contributed by atoms with Crippen molar-refractivity contribution in [1.29, 1.82) is 0 Å². The SMILES string of the molecule is CCCCCC(OC(OCCC)C1COC(C)(C)O1)C(C)O. The van der Waals surface area contributed by atoms with Crippen LogP contribution in [0.3, 0.4) is 0 Å². The Balaban J connectivity index is 2.60. The molecular formula is C17H34O5. The largest absolute Gasteiger partial charge is 0.391 e. The van der Waals surface area contributed by atoms with Crippen LogP contribution in [-0.2, 0) is 18.9 Å². The van der Waals surface area contributed by atoms with E-state index in [1.54, 1.807) is 6.92 Å². The molecule has 0 aliphatic carbocycles. The summed E-state index contributed by atoms with van der Waals surface area (Å²) in [6, 6.07) is 0. The summed E-state index contributed by atoms with van der Waals surface area (Å²) in [6.07, 6.45) is 3.55. The normalized spacial score (nSPS) is 25.1. The molecule has 0 bridgehead atoms. The molecule has 0 aromatic carbocycles. The van der Waals surface area contributed by atoms with Gasteiger partial charge >= 0.3 is 0 Å². The zero-order valence-electron chi connectivity index (χ0n) is 14.8. The van der Waals surface area contributed by atoms with Gasteiger partial charge in [-0.1, -0.05) is 33.1 Å². The van der Waals surface area contributed by atoms with Gasteiger partial charge in [-0.3, -0.25) is 0 Å². The van der Waals surface area contributed by atoms with Gasteiger partial charge in [-0.25, -0.2) is 0 Å². The van der Waals surface area contributed by atoms with Crippen molar-refractivity contribution >= 4 is 0 Å². The number of hydrogen-bond donors (Lipinski definition) is 1. The molecule has 4 atom stereocenters. The van der Waals surface area contributed by atoms with E-state index in [4.69, 9.17) is 18.9 Å². The van der Waals surface area contributed by atoms with Crippen LogP contribution >= 0.6 is 0 Å². The van der Waals surface area contributed by atoms with Gasteiger partial charge in [-0.2, -0.15) is 0 Å². The van der Waals surface area contributed by atoms with E-state index in [1.807, 2.05) is 13.8 Å². The molecule has 4 unspecified atom stereocenters. The minimum atomic E-state index is -0.607. The Morgan fingerprint density at radius 2 is 1.95 bits per heavy atom. The summed E-state index contributed by atoms with van der Waals surface area (Å²) in [6.45, 7) is 10.8. The highest BCUT2D eigenvalue weighted by Crippen LogP contribution is 2.27. The number of rotatable bonds is 11. The van der Waals surface area contributed by atoms with E-state index in [0.717, 1.165) is 32.1 Å². The first-order chi connectivity index (χ1) is 10.4. The minimum absolute atomic E-state index is 0.235. The van der Waals surface area contributed by atoms with Gasteiger partial charge < -0.3 is 24.1 Å². The van der Waals surface area contributed by atoms with E-state index in [0.29, 0.717) is 13.2 Å². The molecule has 1 saturated heterocycles. The molecular weight excluding hydrogens is 284 g/mol. The van der Waals surface area contributed by atoms with Crippen LogP contribution in [0.5, 0.6) is 0 Å².